The second kappa shape index (κ2) is 4.62. The third-order valence-electron chi connectivity index (χ3n) is 1.92. The van der Waals surface area contributed by atoms with E-state index in [-0.39, 0.29) is 5.91 Å². The molecule has 0 saturated carbocycles. The first kappa shape index (κ1) is 8.87. The van der Waals surface area contributed by atoms with Gasteiger partial charge in [0.25, 0.3) is 0 Å². The molecule has 1 rings (SSSR count). The SMILES string of the molecule is [N-]=[N+]=NCCCN1CCCC1=O. The third kappa shape index (κ3) is 2.43. The summed E-state index contributed by atoms with van der Waals surface area (Å²) >= 11 is 0. The number of carbonyl (C=O) groups excluding carboxylic acids is 1. The maximum atomic E-state index is 11.1. The van der Waals surface area contributed by atoms with Gasteiger partial charge in [-0.05, 0) is 18.4 Å². The zero-order chi connectivity index (χ0) is 8.81. The van der Waals surface area contributed by atoms with E-state index in [9.17, 15) is 4.79 Å². The molecule has 0 bridgehead atoms. The van der Waals surface area contributed by atoms with Crippen molar-refractivity contribution in [3.8, 4) is 0 Å². The van der Waals surface area contributed by atoms with Crippen molar-refractivity contribution < 1.29 is 4.79 Å². The number of nitrogens with zero attached hydrogens (tertiary/aromatic N) is 4. The molecule has 12 heavy (non-hydrogen) atoms. The molecule has 0 radical (unpaired) electrons. The van der Waals surface area contributed by atoms with Crippen LogP contribution in [0.2, 0.25) is 0 Å². The Kier molecular flexibility index (Phi) is 3.41. The van der Waals surface area contributed by atoms with Crippen molar-refractivity contribution in [2.45, 2.75) is 19.3 Å². The van der Waals surface area contributed by atoms with Gasteiger partial charge in [-0.25, -0.2) is 0 Å². The van der Waals surface area contributed by atoms with Crippen LogP contribution in [0, 0.1) is 0 Å². The van der Waals surface area contributed by atoms with Crippen LogP contribution in [0.25, 0.3) is 10.4 Å². The Morgan fingerprint density at radius 3 is 3.08 bits per heavy atom. The molecule has 1 fully saturated rings. The molecule has 5 heteroatoms. The fourth-order valence-electron chi connectivity index (χ4n) is 1.32. The molecule has 0 aromatic rings. The zero-order valence-corrected chi connectivity index (χ0v) is 6.94. The molecular formula is C7H12N4O. The molecule has 1 aliphatic rings. The first-order chi connectivity index (χ1) is 5.84. The van der Waals surface area contributed by atoms with Crippen LogP contribution in [-0.2, 0) is 4.79 Å². The average molecular weight is 168 g/mol. The van der Waals surface area contributed by atoms with E-state index in [0.717, 1.165) is 25.9 Å². The average Bonchev–Trinajstić information content (AvgIpc) is 2.46. The minimum Gasteiger partial charge on any atom is -0.343 e. The Hall–Kier alpha value is -1.22. The summed E-state index contributed by atoms with van der Waals surface area (Å²) in [5.74, 6) is 0.232. The Morgan fingerprint density at radius 2 is 2.50 bits per heavy atom. The molecule has 1 aliphatic heterocycles. The summed E-state index contributed by atoms with van der Waals surface area (Å²) in [6, 6.07) is 0. The van der Waals surface area contributed by atoms with Gasteiger partial charge in [-0.3, -0.25) is 4.79 Å². The molecule has 1 heterocycles. The number of carbonyl (C=O) groups is 1. The molecule has 0 aromatic carbocycles. The number of azide groups is 1. The minimum atomic E-state index is 0.232. The maximum absolute atomic E-state index is 11.1. The summed E-state index contributed by atoms with van der Waals surface area (Å²) in [5.41, 5.74) is 7.99. The van der Waals surface area contributed by atoms with Gasteiger partial charge >= 0.3 is 0 Å². The van der Waals surface area contributed by atoms with Gasteiger partial charge in [-0.15, -0.1) is 0 Å². The predicted molar refractivity (Wildman–Crippen MR) is 44.4 cm³/mol. The van der Waals surface area contributed by atoms with Crippen molar-refractivity contribution in [2.75, 3.05) is 19.6 Å². The third-order valence-corrected chi connectivity index (χ3v) is 1.92. The summed E-state index contributed by atoms with van der Waals surface area (Å²) in [7, 11) is 0. The first-order valence-corrected chi connectivity index (χ1v) is 4.13. The van der Waals surface area contributed by atoms with Gasteiger partial charge in [-0.2, -0.15) is 0 Å². The zero-order valence-electron chi connectivity index (χ0n) is 6.94. The Labute approximate surface area is 71.0 Å². The topological polar surface area (TPSA) is 69.1 Å². The van der Waals surface area contributed by atoms with E-state index in [1.54, 1.807) is 0 Å². The summed E-state index contributed by atoms with van der Waals surface area (Å²) in [4.78, 5) is 15.5. The molecule has 0 spiro atoms. The summed E-state index contributed by atoms with van der Waals surface area (Å²) in [5, 5.41) is 3.40. The summed E-state index contributed by atoms with van der Waals surface area (Å²) < 4.78 is 0. The minimum absolute atomic E-state index is 0.232. The molecule has 0 N–H and O–H groups in total. The van der Waals surface area contributed by atoms with Crippen molar-refractivity contribution in [1.82, 2.24) is 4.90 Å². The molecule has 5 nitrogen and oxygen atoms in total. The predicted octanol–water partition coefficient (Wildman–Crippen LogP) is 1.31. The van der Waals surface area contributed by atoms with E-state index in [1.165, 1.54) is 0 Å². The highest BCUT2D eigenvalue weighted by Crippen LogP contribution is 2.09. The number of hydrogen-bond acceptors (Lipinski definition) is 2. The monoisotopic (exact) mass is 168 g/mol. The standard InChI is InChI=1S/C7H12N4O/c8-10-9-4-2-6-11-5-1-3-7(11)12/h1-6H2. The second-order valence-corrected chi connectivity index (χ2v) is 2.79. The first-order valence-electron chi connectivity index (χ1n) is 4.13. The van der Waals surface area contributed by atoms with Gasteiger partial charge in [0.2, 0.25) is 5.91 Å². The molecular weight excluding hydrogens is 156 g/mol. The van der Waals surface area contributed by atoms with Gasteiger partial charge in [-0.1, -0.05) is 5.11 Å². The Balaban J connectivity index is 2.14. The van der Waals surface area contributed by atoms with E-state index in [4.69, 9.17) is 5.53 Å². The number of hydrogen-bond donors (Lipinski definition) is 0. The van der Waals surface area contributed by atoms with Crippen LogP contribution in [0.15, 0.2) is 5.11 Å². The van der Waals surface area contributed by atoms with Crippen LogP contribution in [0.4, 0.5) is 0 Å². The Bertz CT molecular complexity index is 209. The maximum Gasteiger partial charge on any atom is 0.222 e. The van der Waals surface area contributed by atoms with E-state index in [0.29, 0.717) is 13.0 Å². The summed E-state index contributed by atoms with van der Waals surface area (Å²) in [6.45, 7) is 2.09. The highest BCUT2D eigenvalue weighted by molar-refractivity contribution is 5.77. The molecule has 0 aliphatic carbocycles. The lowest BCUT2D eigenvalue weighted by atomic mass is 10.4. The van der Waals surface area contributed by atoms with Gasteiger partial charge in [0, 0.05) is 31.0 Å². The van der Waals surface area contributed by atoms with Crippen LogP contribution < -0.4 is 0 Å². The van der Waals surface area contributed by atoms with E-state index in [2.05, 4.69) is 10.0 Å². The van der Waals surface area contributed by atoms with Crippen LogP contribution >= 0.6 is 0 Å². The molecule has 0 aromatic heterocycles. The molecule has 0 atom stereocenters. The quantitative estimate of drug-likeness (QED) is 0.270. The van der Waals surface area contributed by atoms with Crippen molar-refractivity contribution in [2.24, 2.45) is 5.11 Å². The van der Waals surface area contributed by atoms with E-state index < -0.39 is 0 Å². The smallest absolute Gasteiger partial charge is 0.222 e. The summed E-state index contributed by atoms with van der Waals surface area (Å²) in [6.07, 6.45) is 2.43. The number of amides is 1. The number of rotatable bonds is 4. The van der Waals surface area contributed by atoms with Gasteiger partial charge in [0.1, 0.15) is 0 Å². The highest BCUT2D eigenvalue weighted by Gasteiger charge is 2.18. The lowest BCUT2D eigenvalue weighted by Gasteiger charge is -2.13. The van der Waals surface area contributed by atoms with E-state index in [1.807, 2.05) is 4.90 Å². The molecule has 1 saturated heterocycles. The number of likely N-dealkylation sites (tertiary alicyclic amines) is 1. The van der Waals surface area contributed by atoms with Crippen LogP contribution in [-0.4, -0.2) is 30.4 Å². The fourth-order valence-corrected chi connectivity index (χ4v) is 1.32. The van der Waals surface area contributed by atoms with Gasteiger partial charge < -0.3 is 4.90 Å². The molecule has 1 amide bonds. The second-order valence-electron chi connectivity index (χ2n) is 2.79. The van der Waals surface area contributed by atoms with Crippen LogP contribution in [0.3, 0.4) is 0 Å². The highest BCUT2D eigenvalue weighted by atomic mass is 16.2. The van der Waals surface area contributed by atoms with Crippen molar-refractivity contribution in [3.63, 3.8) is 0 Å². The molecule has 0 unspecified atom stereocenters. The Morgan fingerprint density at radius 1 is 1.67 bits per heavy atom. The largest absolute Gasteiger partial charge is 0.343 e. The lowest BCUT2D eigenvalue weighted by Crippen LogP contribution is -2.25. The fraction of sp³-hybridized carbons (Fsp3) is 0.857. The van der Waals surface area contributed by atoms with Crippen molar-refractivity contribution in [1.29, 1.82) is 0 Å². The van der Waals surface area contributed by atoms with E-state index >= 15 is 0 Å². The van der Waals surface area contributed by atoms with Gasteiger partial charge in [0.05, 0.1) is 0 Å². The van der Waals surface area contributed by atoms with Crippen molar-refractivity contribution in [3.05, 3.63) is 10.4 Å². The van der Waals surface area contributed by atoms with Crippen molar-refractivity contribution >= 4 is 5.91 Å². The van der Waals surface area contributed by atoms with Gasteiger partial charge in [0.15, 0.2) is 0 Å². The molecule has 66 valence electrons. The lowest BCUT2D eigenvalue weighted by molar-refractivity contribution is -0.127. The van der Waals surface area contributed by atoms with Crippen LogP contribution in [0.1, 0.15) is 19.3 Å². The normalized spacial score (nSPS) is 16.3. The van der Waals surface area contributed by atoms with Crippen LogP contribution in [0.5, 0.6) is 0 Å².